The number of hydrogen-bond acceptors (Lipinski definition) is 4. The summed E-state index contributed by atoms with van der Waals surface area (Å²) in [5.74, 6) is 0. The first-order valence-electron chi connectivity index (χ1n) is 1.43. The molecule has 0 aromatic rings. The van der Waals surface area contributed by atoms with Crippen LogP contribution >= 0.6 is 8.17 Å². The summed E-state index contributed by atoms with van der Waals surface area (Å²) in [4.78, 5) is 23.8. The quantitative estimate of drug-likeness (QED) is 0.353. The highest BCUT2D eigenvalue weighted by molar-refractivity contribution is 7.53. The van der Waals surface area contributed by atoms with E-state index in [2.05, 4.69) is 11.1 Å². The van der Waals surface area contributed by atoms with Crippen molar-refractivity contribution in [3.8, 4) is 0 Å². The second-order valence-corrected chi connectivity index (χ2v) is 2.02. The molecule has 0 aliphatic rings. The van der Waals surface area contributed by atoms with Gasteiger partial charge in [0.1, 0.15) is 6.26 Å². The van der Waals surface area contributed by atoms with E-state index in [4.69, 9.17) is 14.7 Å². The van der Waals surface area contributed by atoms with Gasteiger partial charge in [-0.25, -0.2) is 0 Å². The standard InChI is InChI=1S/C2H6O4P/c1-2-6-7(3,4)5/h2-5H,1H2/q+1. The Hall–Kier alpha value is -0.150. The van der Waals surface area contributed by atoms with Crippen molar-refractivity contribution < 1.29 is 19.2 Å². The molecular weight excluding hydrogens is 119 g/mol. The van der Waals surface area contributed by atoms with E-state index in [9.17, 15) is 0 Å². The van der Waals surface area contributed by atoms with Crippen LogP contribution in [-0.2, 0) is 4.52 Å². The van der Waals surface area contributed by atoms with Crippen molar-refractivity contribution in [2.45, 2.75) is 0 Å². The minimum absolute atomic E-state index is 0.758. The van der Waals surface area contributed by atoms with Gasteiger partial charge < -0.3 is 0 Å². The molecule has 0 rings (SSSR count). The molecule has 0 aliphatic heterocycles. The normalized spacial score (nSPS) is 10.7. The van der Waals surface area contributed by atoms with Gasteiger partial charge in [-0.3, -0.25) is 4.52 Å². The predicted molar refractivity (Wildman–Crippen MR) is 24.9 cm³/mol. The molecule has 0 bridgehead atoms. The zero-order valence-corrected chi connectivity index (χ0v) is 4.38. The zero-order chi connectivity index (χ0) is 5.91. The molecule has 3 N–H and O–H groups in total. The average molecular weight is 125 g/mol. The maximum absolute atomic E-state index is 7.95. The van der Waals surface area contributed by atoms with Crippen molar-refractivity contribution in [3.63, 3.8) is 0 Å². The molecule has 4 nitrogen and oxygen atoms in total. The van der Waals surface area contributed by atoms with Gasteiger partial charge in [0.15, 0.2) is 0 Å². The van der Waals surface area contributed by atoms with Gasteiger partial charge in [0.05, 0.1) is 0 Å². The van der Waals surface area contributed by atoms with Crippen LogP contribution in [0.2, 0.25) is 0 Å². The molecule has 42 valence electrons. The van der Waals surface area contributed by atoms with Gasteiger partial charge in [-0.2, -0.15) is 14.7 Å². The van der Waals surface area contributed by atoms with E-state index in [1.54, 1.807) is 0 Å². The van der Waals surface area contributed by atoms with Crippen LogP contribution in [0.4, 0.5) is 0 Å². The third-order valence-corrected chi connectivity index (χ3v) is 0.648. The number of rotatable bonds is 2. The molecule has 0 aliphatic carbocycles. The van der Waals surface area contributed by atoms with Gasteiger partial charge in [-0.15, -0.1) is 0 Å². The summed E-state index contributed by atoms with van der Waals surface area (Å²) in [6.07, 6.45) is 0.758. The third kappa shape index (κ3) is 5.85. The lowest BCUT2D eigenvalue weighted by atomic mass is 11.2. The summed E-state index contributed by atoms with van der Waals surface area (Å²) in [6, 6.07) is 0. The molecule has 0 saturated carbocycles. The third-order valence-electron chi connectivity index (χ3n) is 0.216. The van der Waals surface area contributed by atoms with Gasteiger partial charge in [-0.05, 0) is 0 Å². The lowest BCUT2D eigenvalue weighted by Gasteiger charge is -1.95. The van der Waals surface area contributed by atoms with Gasteiger partial charge in [-0.1, -0.05) is 6.58 Å². The maximum Gasteiger partial charge on any atom is 0.613 e. The van der Waals surface area contributed by atoms with E-state index in [1.807, 2.05) is 0 Å². The summed E-state index contributed by atoms with van der Waals surface area (Å²) < 4.78 is 3.77. The van der Waals surface area contributed by atoms with Crippen LogP contribution in [0, 0.1) is 0 Å². The van der Waals surface area contributed by atoms with Crippen LogP contribution in [-0.4, -0.2) is 14.7 Å². The van der Waals surface area contributed by atoms with Crippen LogP contribution in [0.3, 0.4) is 0 Å². The van der Waals surface area contributed by atoms with Gasteiger partial charge >= 0.3 is 8.17 Å². The smallest absolute Gasteiger partial charge is 0.270 e. The van der Waals surface area contributed by atoms with Crippen molar-refractivity contribution in [1.29, 1.82) is 0 Å². The lowest BCUT2D eigenvalue weighted by Crippen LogP contribution is -1.86. The van der Waals surface area contributed by atoms with E-state index < -0.39 is 8.17 Å². The molecule has 5 heteroatoms. The SMILES string of the molecule is C=CO[P+](O)(O)O. The Labute approximate surface area is 41.3 Å². The highest BCUT2D eigenvalue weighted by atomic mass is 31.2. The molecule has 0 unspecified atom stereocenters. The fraction of sp³-hybridized carbons (Fsp3) is 0. The molecule has 0 aromatic carbocycles. The first-order chi connectivity index (χ1) is 3.06. The highest BCUT2D eigenvalue weighted by Crippen LogP contribution is 2.45. The van der Waals surface area contributed by atoms with E-state index >= 15 is 0 Å². The second kappa shape index (κ2) is 2.23. The van der Waals surface area contributed by atoms with Crippen molar-refractivity contribution in [1.82, 2.24) is 0 Å². The Morgan fingerprint density at radius 1 is 1.43 bits per heavy atom. The Bertz CT molecular complexity index is 64.6. The van der Waals surface area contributed by atoms with Crippen LogP contribution < -0.4 is 0 Å². The molecule has 0 fully saturated rings. The largest absolute Gasteiger partial charge is 0.613 e. The van der Waals surface area contributed by atoms with E-state index in [0.29, 0.717) is 0 Å². The zero-order valence-electron chi connectivity index (χ0n) is 3.48. The van der Waals surface area contributed by atoms with Crippen molar-refractivity contribution in [2.75, 3.05) is 0 Å². The van der Waals surface area contributed by atoms with Gasteiger partial charge in [0.2, 0.25) is 0 Å². The molecule has 7 heavy (non-hydrogen) atoms. The Balaban J connectivity index is 3.34. The van der Waals surface area contributed by atoms with Crippen LogP contribution in [0.5, 0.6) is 0 Å². The summed E-state index contributed by atoms with van der Waals surface area (Å²) in [7, 11) is -4.03. The summed E-state index contributed by atoms with van der Waals surface area (Å²) >= 11 is 0. The topological polar surface area (TPSA) is 69.9 Å². The van der Waals surface area contributed by atoms with Crippen molar-refractivity contribution in [2.24, 2.45) is 0 Å². The second-order valence-electron chi connectivity index (χ2n) is 0.785. The monoisotopic (exact) mass is 125 g/mol. The molecule has 0 radical (unpaired) electrons. The molecular formula is C2H6O4P+. The van der Waals surface area contributed by atoms with Crippen LogP contribution in [0.1, 0.15) is 0 Å². The maximum atomic E-state index is 7.95. The highest BCUT2D eigenvalue weighted by Gasteiger charge is 2.31. The summed E-state index contributed by atoms with van der Waals surface area (Å²) in [5, 5.41) is 0. The predicted octanol–water partition coefficient (Wildman–Crippen LogP) is -0.199. The summed E-state index contributed by atoms with van der Waals surface area (Å²) in [6.45, 7) is 2.97. The Morgan fingerprint density at radius 2 is 1.86 bits per heavy atom. The molecule has 0 amide bonds. The van der Waals surface area contributed by atoms with Crippen LogP contribution in [0.15, 0.2) is 12.8 Å². The molecule has 0 heterocycles. The minimum atomic E-state index is -4.03. The Kier molecular flexibility index (Phi) is 2.19. The molecule has 0 atom stereocenters. The van der Waals surface area contributed by atoms with E-state index in [0.717, 1.165) is 6.26 Å². The van der Waals surface area contributed by atoms with Gasteiger partial charge in [0, 0.05) is 0 Å². The van der Waals surface area contributed by atoms with Gasteiger partial charge in [0.25, 0.3) is 0 Å². The number of hydrogen-bond donors (Lipinski definition) is 3. The van der Waals surface area contributed by atoms with Crippen LogP contribution in [0.25, 0.3) is 0 Å². The Morgan fingerprint density at radius 3 is 1.86 bits per heavy atom. The van der Waals surface area contributed by atoms with Crippen molar-refractivity contribution >= 4 is 8.17 Å². The molecule has 0 aromatic heterocycles. The lowest BCUT2D eigenvalue weighted by molar-refractivity contribution is 0.215. The average Bonchev–Trinajstić information content (AvgIpc) is 1.30. The van der Waals surface area contributed by atoms with E-state index in [1.165, 1.54) is 0 Å². The first-order valence-corrected chi connectivity index (χ1v) is 2.99. The molecule has 0 spiro atoms. The minimum Gasteiger partial charge on any atom is -0.270 e. The van der Waals surface area contributed by atoms with E-state index in [-0.39, 0.29) is 0 Å². The summed E-state index contributed by atoms with van der Waals surface area (Å²) in [5.41, 5.74) is 0. The molecule has 0 saturated heterocycles. The first kappa shape index (κ1) is 6.85. The van der Waals surface area contributed by atoms with Crippen molar-refractivity contribution in [3.05, 3.63) is 12.8 Å². The fourth-order valence-electron chi connectivity index (χ4n) is 0.100. The fourth-order valence-corrected chi connectivity index (χ4v) is 0.300.